The molecule has 7 heteroatoms. The summed E-state index contributed by atoms with van der Waals surface area (Å²) in [5.41, 5.74) is 4.65. The molecule has 148 valence electrons. The van der Waals surface area contributed by atoms with Crippen LogP contribution in [0.1, 0.15) is 27.9 Å². The Morgan fingerprint density at radius 3 is 3.00 bits per heavy atom. The van der Waals surface area contributed by atoms with Gasteiger partial charge in [-0.05, 0) is 35.4 Å². The van der Waals surface area contributed by atoms with E-state index in [9.17, 15) is 15.2 Å². The third-order valence-corrected chi connectivity index (χ3v) is 5.38. The number of aliphatic hydroxyl groups is 1. The Morgan fingerprint density at radius 2 is 2.24 bits per heavy atom. The van der Waals surface area contributed by atoms with Crippen molar-refractivity contribution in [2.75, 3.05) is 26.9 Å². The molecule has 2 aliphatic rings. The van der Waals surface area contributed by atoms with E-state index in [0.29, 0.717) is 42.9 Å². The molecule has 29 heavy (non-hydrogen) atoms. The van der Waals surface area contributed by atoms with Crippen LogP contribution in [0.3, 0.4) is 0 Å². The fourth-order valence-corrected chi connectivity index (χ4v) is 4.01. The second kappa shape index (κ2) is 7.94. The number of nitriles is 1. The molecule has 0 saturated carbocycles. The van der Waals surface area contributed by atoms with Gasteiger partial charge in [0.15, 0.2) is 0 Å². The number of ether oxygens (including phenoxy) is 1. The largest absolute Gasteiger partial charge is 0.493 e. The molecule has 2 aromatic rings. The molecule has 0 bridgehead atoms. The van der Waals surface area contributed by atoms with Crippen molar-refractivity contribution in [2.24, 2.45) is 5.16 Å². The third-order valence-electron chi connectivity index (χ3n) is 5.38. The van der Waals surface area contributed by atoms with E-state index in [1.807, 2.05) is 24.3 Å². The van der Waals surface area contributed by atoms with Crippen LogP contribution in [-0.2, 0) is 11.3 Å². The van der Waals surface area contributed by atoms with Gasteiger partial charge in [0.05, 0.1) is 43.1 Å². The highest BCUT2D eigenvalue weighted by Gasteiger charge is 2.33. The van der Waals surface area contributed by atoms with Crippen molar-refractivity contribution in [3.8, 4) is 22.9 Å². The van der Waals surface area contributed by atoms with E-state index < -0.39 is 0 Å². The summed E-state index contributed by atoms with van der Waals surface area (Å²) in [6.07, 6.45) is 1.12. The summed E-state index contributed by atoms with van der Waals surface area (Å²) in [6, 6.07) is 12.9. The minimum atomic E-state index is -0.324. The summed E-state index contributed by atoms with van der Waals surface area (Å²) in [5.74, 6) is 0.433. The van der Waals surface area contributed by atoms with E-state index >= 15 is 0 Å². The molecule has 2 heterocycles. The number of aliphatic hydroxyl groups excluding tert-OH is 1. The van der Waals surface area contributed by atoms with Crippen molar-refractivity contribution < 1.29 is 19.5 Å². The zero-order valence-corrected chi connectivity index (χ0v) is 16.1. The van der Waals surface area contributed by atoms with Gasteiger partial charge in [-0.15, -0.1) is 0 Å². The maximum Gasteiger partial charge on any atom is 0.254 e. The molecule has 0 aromatic heterocycles. The summed E-state index contributed by atoms with van der Waals surface area (Å²) in [5, 5.41) is 23.0. The molecule has 1 atom stereocenters. The van der Waals surface area contributed by atoms with Crippen molar-refractivity contribution in [2.45, 2.75) is 18.9 Å². The lowest BCUT2D eigenvalue weighted by atomic mass is 9.93. The lowest BCUT2D eigenvalue weighted by Gasteiger charge is -2.22. The number of fused-ring (bicyclic) bond motifs is 3. The zero-order chi connectivity index (χ0) is 20.4. The van der Waals surface area contributed by atoms with Crippen LogP contribution in [0.5, 0.6) is 5.75 Å². The first-order chi connectivity index (χ1) is 14.2. The van der Waals surface area contributed by atoms with Crippen LogP contribution in [0.25, 0.3) is 11.1 Å². The van der Waals surface area contributed by atoms with E-state index in [4.69, 9.17) is 9.57 Å². The van der Waals surface area contributed by atoms with Gasteiger partial charge in [0.25, 0.3) is 5.91 Å². The molecule has 1 N–H and O–H groups in total. The highest BCUT2D eigenvalue weighted by atomic mass is 16.6. The molecular weight excluding hydrogens is 370 g/mol. The minimum absolute atomic E-state index is 0.139. The van der Waals surface area contributed by atoms with Gasteiger partial charge < -0.3 is 19.6 Å². The van der Waals surface area contributed by atoms with Crippen LogP contribution in [-0.4, -0.2) is 54.5 Å². The maximum atomic E-state index is 13.1. The first kappa shape index (κ1) is 19.0. The summed E-state index contributed by atoms with van der Waals surface area (Å²) in [4.78, 5) is 19.5. The summed E-state index contributed by atoms with van der Waals surface area (Å²) >= 11 is 0. The van der Waals surface area contributed by atoms with Crippen molar-refractivity contribution in [3.05, 3.63) is 53.1 Å². The predicted molar refractivity (Wildman–Crippen MR) is 107 cm³/mol. The molecule has 1 fully saturated rings. The zero-order valence-electron chi connectivity index (χ0n) is 16.1. The van der Waals surface area contributed by atoms with Gasteiger partial charge >= 0.3 is 0 Å². The lowest BCUT2D eigenvalue weighted by Crippen LogP contribution is -2.37. The number of likely N-dealkylation sites (tertiary alicyclic amines) is 1. The molecule has 7 nitrogen and oxygen atoms in total. The second-order valence-corrected chi connectivity index (χ2v) is 7.07. The van der Waals surface area contributed by atoms with E-state index in [-0.39, 0.29) is 18.6 Å². The van der Waals surface area contributed by atoms with E-state index in [2.05, 4.69) is 11.2 Å². The molecule has 1 amide bonds. The van der Waals surface area contributed by atoms with E-state index in [1.54, 1.807) is 17.0 Å². The topological polar surface area (TPSA) is 95.2 Å². The van der Waals surface area contributed by atoms with Crippen LogP contribution in [0.15, 0.2) is 41.6 Å². The first-order valence-corrected chi connectivity index (χ1v) is 9.46. The SMILES string of the molecule is CO/N=C1\C[C@@H](CO)N(C(=O)c2ccc3c(c2)OCCc2c(C#N)cccc2-3)C1. The summed E-state index contributed by atoms with van der Waals surface area (Å²) < 4.78 is 5.92. The van der Waals surface area contributed by atoms with Crippen LogP contribution >= 0.6 is 0 Å². The number of benzene rings is 2. The Bertz CT molecular complexity index is 1030. The molecule has 0 spiro atoms. The average molecular weight is 391 g/mol. The van der Waals surface area contributed by atoms with Crippen molar-refractivity contribution >= 4 is 11.6 Å². The second-order valence-electron chi connectivity index (χ2n) is 7.07. The molecule has 1 saturated heterocycles. The molecular formula is C22H21N3O4. The first-order valence-electron chi connectivity index (χ1n) is 9.46. The van der Waals surface area contributed by atoms with Gasteiger partial charge in [-0.1, -0.05) is 17.3 Å². The number of amides is 1. The van der Waals surface area contributed by atoms with Crippen LogP contribution in [0.4, 0.5) is 0 Å². The molecule has 4 rings (SSSR count). The highest BCUT2D eigenvalue weighted by molar-refractivity contribution is 6.01. The summed E-state index contributed by atoms with van der Waals surface area (Å²) in [6.45, 7) is 0.619. The fraction of sp³-hybridized carbons (Fsp3) is 0.318. The maximum absolute atomic E-state index is 13.1. The van der Waals surface area contributed by atoms with Crippen molar-refractivity contribution in [1.29, 1.82) is 5.26 Å². The number of oxime groups is 1. The Balaban J connectivity index is 1.68. The molecule has 0 radical (unpaired) electrons. The lowest BCUT2D eigenvalue weighted by molar-refractivity contribution is 0.0679. The quantitative estimate of drug-likeness (QED) is 0.811. The number of carbonyl (C=O) groups excluding carboxylic acids is 1. The Labute approximate surface area is 168 Å². The van der Waals surface area contributed by atoms with Gasteiger partial charge in [-0.25, -0.2) is 0 Å². The Kier molecular flexibility index (Phi) is 5.19. The number of rotatable bonds is 3. The molecule has 2 aromatic carbocycles. The Hall–Kier alpha value is -3.37. The average Bonchev–Trinajstić information content (AvgIpc) is 3.06. The number of hydrogen-bond donors (Lipinski definition) is 1. The van der Waals surface area contributed by atoms with Gasteiger partial charge in [0.2, 0.25) is 0 Å². The van der Waals surface area contributed by atoms with Crippen LogP contribution < -0.4 is 4.74 Å². The fourth-order valence-electron chi connectivity index (χ4n) is 4.01. The van der Waals surface area contributed by atoms with Crippen LogP contribution in [0.2, 0.25) is 0 Å². The minimum Gasteiger partial charge on any atom is -0.493 e. The van der Waals surface area contributed by atoms with Crippen LogP contribution in [0, 0.1) is 11.3 Å². The Morgan fingerprint density at radius 1 is 1.38 bits per heavy atom. The van der Waals surface area contributed by atoms with Gasteiger partial charge in [0, 0.05) is 24.0 Å². The smallest absolute Gasteiger partial charge is 0.254 e. The predicted octanol–water partition coefficient (Wildman–Crippen LogP) is 2.37. The molecule has 2 aliphatic heterocycles. The highest BCUT2D eigenvalue weighted by Crippen LogP contribution is 2.37. The monoisotopic (exact) mass is 391 g/mol. The summed E-state index contributed by atoms with van der Waals surface area (Å²) in [7, 11) is 1.46. The van der Waals surface area contributed by atoms with Crippen molar-refractivity contribution in [3.63, 3.8) is 0 Å². The van der Waals surface area contributed by atoms with E-state index in [1.165, 1.54) is 7.11 Å². The number of nitrogens with zero attached hydrogens (tertiary/aromatic N) is 3. The standard InChI is InChI=1S/C22H21N3O4/c1-28-24-16-10-17(13-26)25(12-16)22(27)14-5-6-20-19-4-2-3-15(11-23)18(19)7-8-29-21(20)9-14/h2-6,9,17,26H,7-8,10,12-13H2,1H3/b24-16+/t17-/m0/s1. The van der Waals surface area contributed by atoms with Gasteiger partial charge in [-0.3, -0.25) is 4.79 Å². The van der Waals surface area contributed by atoms with E-state index in [0.717, 1.165) is 22.4 Å². The van der Waals surface area contributed by atoms with Gasteiger partial charge in [0.1, 0.15) is 12.9 Å². The third kappa shape index (κ3) is 3.43. The number of carbonyl (C=O) groups is 1. The number of hydrogen-bond acceptors (Lipinski definition) is 6. The normalized spacial score (nSPS) is 19.0. The van der Waals surface area contributed by atoms with Gasteiger partial charge in [-0.2, -0.15) is 5.26 Å². The molecule has 0 unspecified atom stereocenters. The van der Waals surface area contributed by atoms with Crippen molar-refractivity contribution in [1.82, 2.24) is 4.90 Å². The molecule has 0 aliphatic carbocycles.